The van der Waals surface area contributed by atoms with E-state index in [1.54, 1.807) is 0 Å². The number of anilines is 6. The molecule has 10 aromatic rings. The van der Waals surface area contributed by atoms with Gasteiger partial charge in [-0.1, -0.05) is 123 Å². The minimum atomic E-state index is -0.140. The Hall–Kier alpha value is -6.62. The fourth-order valence-corrected chi connectivity index (χ4v) is 9.97. The molecule has 0 amide bonds. The Morgan fingerprint density at radius 3 is 1.91 bits per heavy atom. The lowest BCUT2D eigenvalue weighted by Gasteiger charge is -2.42. The highest BCUT2D eigenvalue weighted by Crippen LogP contribution is 2.53. The maximum absolute atomic E-state index is 6.72. The van der Waals surface area contributed by atoms with E-state index in [-0.39, 0.29) is 5.41 Å². The number of hydrogen-bond acceptors (Lipinski definition) is 4. The molecule has 262 valence electrons. The molecule has 0 unspecified atom stereocenters. The van der Waals surface area contributed by atoms with Crippen LogP contribution < -0.4 is 9.80 Å². The smallest absolute Gasteiger partial charge is 0.143 e. The summed E-state index contributed by atoms with van der Waals surface area (Å²) < 4.78 is 9.30. The van der Waals surface area contributed by atoms with Gasteiger partial charge in [0.05, 0.1) is 17.1 Å². The largest absolute Gasteiger partial charge is 0.455 e. The molecule has 0 saturated heterocycles. The summed E-state index contributed by atoms with van der Waals surface area (Å²) in [5.41, 5.74) is 13.3. The number of nitrogens with zero attached hydrogens (tertiary/aromatic N) is 2. The van der Waals surface area contributed by atoms with Crippen molar-refractivity contribution in [3.8, 4) is 11.1 Å². The maximum Gasteiger partial charge on any atom is 0.143 e. The van der Waals surface area contributed by atoms with Crippen LogP contribution in [0, 0.1) is 0 Å². The van der Waals surface area contributed by atoms with Gasteiger partial charge in [0.25, 0.3) is 0 Å². The number of rotatable bonds is 5. The van der Waals surface area contributed by atoms with E-state index in [0.717, 1.165) is 50.1 Å². The Labute approximate surface area is 323 Å². The molecular weight excluding hydrogens is 689 g/mol. The Bertz CT molecular complexity index is 3030. The zero-order chi connectivity index (χ0) is 36.7. The monoisotopic (exact) mass is 724 g/mol. The summed E-state index contributed by atoms with van der Waals surface area (Å²) in [4.78, 5) is 4.83. The van der Waals surface area contributed by atoms with Crippen LogP contribution in [0.15, 0.2) is 186 Å². The maximum atomic E-state index is 6.72. The first-order valence-electron chi connectivity index (χ1n) is 18.8. The van der Waals surface area contributed by atoms with Crippen molar-refractivity contribution in [1.29, 1.82) is 0 Å². The summed E-state index contributed by atoms with van der Waals surface area (Å²) in [7, 11) is 0. The van der Waals surface area contributed by atoms with Crippen molar-refractivity contribution in [3.63, 3.8) is 0 Å². The predicted octanol–water partition coefficient (Wildman–Crippen LogP) is 15.2. The van der Waals surface area contributed by atoms with Gasteiger partial charge in [0.15, 0.2) is 0 Å². The summed E-state index contributed by atoms with van der Waals surface area (Å²) in [6.07, 6.45) is 0. The minimum absolute atomic E-state index is 0.140. The predicted molar refractivity (Wildman–Crippen MR) is 234 cm³/mol. The number of benzene rings is 8. The summed E-state index contributed by atoms with van der Waals surface area (Å²) >= 11 is 1.85. The second kappa shape index (κ2) is 12.2. The molecule has 0 spiro atoms. The Kier molecular flexibility index (Phi) is 7.07. The Morgan fingerprint density at radius 2 is 1.15 bits per heavy atom. The molecule has 0 N–H and O–H groups in total. The molecule has 1 aliphatic rings. The van der Waals surface area contributed by atoms with Crippen molar-refractivity contribution in [3.05, 3.63) is 193 Å². The van der Waals surface area contributed by atoms with Gasteiger partial charge in [0.2, 0.25) is 0 Å². The van der Waals surface area contributed by atoms with Crippen molar-refractivity contribution in [2.45, 2.75) is 19.3 Å². The SMILES string of the molecule is CC1(C)c2ccccc2N(c2cc(-c3ccc(N(c4ccccc4)c4cccc5sc6ccccc6c45)cc3)c3oc4ccccc4c3c2)c2ccccc21. The molecule has 8 aromatic carbocycles. The molecule has 0 radical (unpaired) electrons. The van der Waals surface area contributed by atoms with Gasteiger partial charge in [-0.3, -0.25) is 0 Å². The van der Waals surface area contributed by atoms with E-state index in [1.165, 1.54) is 48.4 Å². The molecule has 0 saturated carbocycles. The van der Waals surface area contributed by atoms with Crippen LogP contribution in [0.4, 0.5) is 34.1 Å². The number of thiophene rings is 1. The molecule has 4 heteroatoms. The quantitative estimate of drug-likeness (QED) is 0.176. The van der Waals surface area contributed by atoms with Crippen molar-refractivity contribution >= 4 is 87.6 Å². The lowest BCUT2D eigenvalue weighted by Crippen LogP contribution is -2.30. The topological polar surface area (TPSA) is 19.6 Å². The molecular formula is C51H36N2OS. The van der Waals surface area contributed by atoms with Crippen molar-refractivity contribution in [2.24, 2.45) is 0 Å². The third-order valence-electron chi connectivity index (χ3n) is 11.4. The second-order valence-corrected chi connectivity index (χ2v) is 16.0. The van der Waals surface area contributed by atoms with E-state index in [1.807, 2.05) is 11.3 Å². The van der Waals surface area contributed by atoms with Crippen LogP contribution in [0.5, 0.6) is 0 Å². The van der Waals surface area contributed by atoms with Gasteiger partial charge < -0.3 is 14.2 Å². The van der Waals surface area contributed by atoms with Crippen molar-refractivity contribution < 1.29 is 4.42 Å². The molecule has 0 fully saturated rings. The minimum Gasteiger partial charge on any atom is -0.455 e. The van der Waals surface area contributed by atoms with Crippen molar-refractivity contribution in [1.82, 2.24) is 0 Å². The fraction of sp³-hybridized carbons (Fsp3) is 0.0588. The molecule has 11 rings (SSSR count). The van der Waals surface area contributed by atoms with E-state index in [9.17, 15) is 0 Å². The van der Waals surface area contributed by atoms with Crippen LogP contribution in [-0.2, 0) is 5.41 Å². The van der Waals surface area contributed by atoms with Crippen LogP contribution in [-0.4, -0.2) is 0 Å². The van der Waals surface area contributed by atoms with Crippen LogP contribution in [0.3, 0.4) is 0 Å². The lowest BCUT2D eigenvalue weighted by molar-refractivity contribution is 0.632. The molecule has 1 aliphatic heterocycles. The first-order valence-corrected chi connectivity index (χ1v) is 19.7. The number of furan rings is 1. The van der Waals surface area contributed by atoms with E-state index in [2.05, 4.69) is 206 Å². The van der Waals surface area contributed by atoms with E-state index in [4.69, 9.17) is 4.42 Å². The average molecular weight is 725 g/mol. The molecule has 0 atom stereocenters. The average Bonchev–Trinajstić information content (AvgIpc) is 3.81. The van der Waals surface area contributed by atoms with Gasteiger partial charge in [0.1, 0.15) is 11.2 Å². The fourth-order valence-electron chi connectivity index (χ4n) is 8.84. The van der Waals surface area contributed by atoms with Gasteiger partial charge in [0, 0.05) is 59.0 Å². The number of fused-ring (bicyclic) bond motifs is 8. The molecule has 3 nitrogen and oxygen atoms in total. The Balaban J connectivity index is 1.11. The lowest BCUT2D eigenvalue weighted by atomic mass is 9.73. The first kappa shape index (κ1) is 31.9. The molecule has 55 heavy (non-hydrogen) atoms. The van der Waals surface area contributed by atoms with E-state index >= 15 is 0 Å². The summed E-state index contributed by atoms with van der Waals surface area (Å²) in [6.45, 7) is 4.67. The third kappa shape index (κ3) is 4.88. The molecule has 0 bridgehead atoms. The second-order valence-electron chi connectivity index (χ2n) is 14.9. The summed E-state index contributed by atoms with van der Waals surface area (Å²) in [5.74, 6) is 0. The normalized spacial score (nSPS) is 13.4. The highest BCUT2D eigenvalue weighted by molar-refractivity contribution is 7.26. The number of hydrogen-bond donors (Lipinski definition) is 0. The summed E-state index contributed by atoms with van der Waals surface area (Å²) in [6, 6.07) is 65.8. The van der Waals surface area contributed by atoms with Gasteiger partial charge in [-0.25, -0.2) is 0 Å². The molecule has 0 aliphatic carbocycles. The highest BCUT2D eigenvalue weighted by atomic mass is 32.1. The van der Waals surface area contributed by atoms with Crippen LogP contribution in [0.2, 0.25) is 0 Å². The van der Waals surface area contributed by atoms with E-state index in [0.29, 0.717) is 0 Å². The standard InChI is InChI=1S/C51H36N2OS/c1-51(2)41-19-8-10-21-43(41)53(44-22-11-9-20-42(44)51)36-31-39(50-40(32-36)37-17-6-12-24-46(37)54-50)33-27-29-35(30-28-33)52(34-15-4-3-5-16-34)45-23-14-26-48-49(45)38-18-7-13-25-47(38)55-48/h3-32H,1-2H3. The van der Waals surface area contributed by atoms with Gasteiger partial charge in [-0.2, -0.15) is 0 Å². The zero-order valence-corrected chi connectivity index (χ0v) is 31.3. The number of para-hydroxylation sites is 4. The highest BCUT2D eigenvalue weighted by Gasteiger charge is 2.37. The zero-order valence-electron chi connectivity index (χ0n) is 30.5. The van der Waals surface area contributed by atoms with Crippen molar-refractivity contribution in [2.75, 3.05) is 9.80 Å². The molecule has 3 heterocycles. The van der Waals surface area contributed by atoms with E-state index < -0.39 is 0 Å². The van der Waals surface area contributed by atoms with Gasteiger partial charge >= 0.3 is 0 Å². The van der Waals surface area contributed by atoms with Crippen LogP contribution in [0.1, 0.15) is 25.0 Å². The van der Waals surface area contributed by atoms with Gasteiger partial charge in [-0.05, 0) is 89.5 Å². The van der Waals surface area contributed by atoms with Gasteiger partial charge in [-0.15, -0.1) is 11.3 Å². The first-order chi connectivity index (χ1) is 27.0. The summed E-state index contributed by atoms with van der Waals surface area (Å²) in [5, 5.41) is 4.78. The molecule has 2 aromatic heterocycles. The van der Waals surface area contributed by atoms with Crippen LogP contribution in [0.25, 0.3) is 53.2 Å². The van der Waals surface area contributed by atoms with Crippen LogP contribution >= 0.6 is 11.3 Å². The Morgan fingerprint density at radius 1 is 0.527 bits per heavy atom. The third-order valence-corrected chi connectivity index (χ3v) is 12.6.